The van der Waals surface area contributed by atoms with Gasteiger partial charge < -0.3 is 4.90 Å². The number of likely N-dealkylation sites (tertiary alicyclic amines) is 1. The fourth-order valence-electron chi connectivity index (χ4n) is 4.29. The largest absolute Gasteiger partial charge is 0.338 e. The van der Waals surface area contributed by atoms with E-state index in [0.29, 0.717) is 30.9 Å². The van der Waals surface area contributed by atoms with Crippen LogP contribution in [0, 0.1) is 13.8 Å². The molecule has 7 heteroatoms. The average Bonchev–Trinajstić information content (AvgIpc) is 3.29. The first-order chi connectivity index (χ1) is 15.0. The number of carbonyl (C=O) groups is 1. The molecular formula is C24H23N5O2. The number of hydrogen-bond donors (Lipinski definition) is 1. The Bertz CT molecular complexity index is 1340. The fourth-order valence-corrected chi connectivity index (χ4v) is 4.29. The van der Waals surface area contributed by atoms with Crippen LogP contribution in [0.5, 0.6) is 0 Å². The Kier molecular flexibility index (Phi) is 4.66. The molecule has 0 unspecified atom stereocenters. The number of nitrogens with one attached hydrogen (secondary N) is 1. The van der Waals surface area contributed by atoms with Crippen molar-refractivity contribution in [3.8, 4) is 11.3 Å². The molecule has 1 aromatic carbocycles. The minimum atomic E-state index is -0.165. The summed E-state index contributed by atoms with van der Waals surface area (Å²) in [5.74, 6) is -0.0150. The van der Waals surface area contributed by atoms with Crippen molar-refractivity contribution in [2.75, 3.05) is 6.54 Å². The van der Waals surface area contributed by atoms with Crippen molar-refractivity contribution in [1.29, 1.82) is 0 Å². The summed E-state index contributed by atoms with van der Waals surface area (Å²) >= 11 is 0. The quantitative estimate of drug-likeness (QED) is 0.557. The monoisotopic (exact) mass is 413 g/mol. The van der Waals surface area contributed by atoms with Gasteiger partial charge in [-0.05, 0) is 37.6 Å². The number of H-pyrrole nitrogens is 1. The van der Waals surface area contributed by atoms with Crippen molar-refractivity contribution < 1.29 is 4.79 Å². The highest BCUT2D eigenvalue weighted by Gasteiger charge is 2.32. The van der Waals surface area contributed by atoms with Gasteiger partial charge in [-0.25, -0.2) is 9.50 Å². The second-order valence-corrected chi connectivity index (χ2v) is 8.19. The van der Waals surface area contributed by atoms with Gasteiger partial charge in [0.15, 0.2) is 5.65 Å². The smallest absolute Gasteiger partial charge is 0.272 e. The van der Waals surface area contributed by atoms with E-state index in [1.54, 1.807) is 18.5 Å². The summed E-state index contributed by atoms with van der Waals surface area (Å²) < 4.78 is 1.49. The van der Waals surface area contributed by atoms with Crippen LogP contribution in [0.3, 0.4) is 0 Å². The number of amides is 1. The van der Waals surface area contributed by atoms with Crippen molar-refractivity contribution in [1.82, 2.24) is 24.5 Å². The van der Waals surface area contributed by atoms with Crippen LogP contribution in [0.15, 0.2) is 59.7 Å². The van der Waals surface area contributed by atoms with E-state index >= 15 is 0 Å². The van der Waals surface area contributed by atoms with E-state index in [9.17, 15) is 9.59 Å². The molecule has 1 aliphatic rings. The second-order valence-electron chi connectivity index (χ2n) is 8.19. The number of nitrogens with zero attached hydrogens (tertiary/aromatic N) is 4. The topological polar surface area (TPSA) is 83.4 Å². The highest BCUT2D eigenvalue weighted by Crippen LogP contribution is 2.29. The Morgan fingerprint density at radius 3 is 2.68 bits per heavy atom. The molecule has 0 saturated carbocycles. The zero-order chi connectivity index (χ0) is 21.5. The summed E-state index contributed by atoms with van der Waals surface area (Å²) in [6.07, 6.45) is 3.82. The maximum absolute atomic E-state index is 12.9. The molecule has 156 valence electrons. The van der Waals surface area contributed by atoms with Crippen LogP contribution in [-0.4, -0.2) is 36.9 Å². The average molecular weight is 413 g/mol. The number of carbonyl (C=O) groups excluding carboxylic acids is 1. The molecule has 1 N–H and O–H groups in total. The third-order valence-corrected chi connectivity index (χ3v) is 5.93. The van der Waals surface area contributed by atoms with Crippen LogP contribution in [0.1, 0.15) is 34.7 Å². The van der Waals surface area contributed by atoms with E-state index in [2.05, 4.69) is 16.1 Å². The van der Waals surface area contributed by atoms with Crippen molar-refractivity contribution in [2.45, 2.75) is 32.7 Å². The van der Waals surface area contributed by atoms with Crippen molar-refractivity contribution >= 4 is 11.6 Å². The van der Waals surface area contributed by atoms with E-state index < -0.39 is 0 Å². The summed E-state index contributed by atoms with van der Waals surface area (Å²) in [7, 11) is 0. The Hall–Kier alpha value is -3.74. The highest BCUT2D eigenvalue weighted by molar-refractivity contribution is 5.79. The third-order valence-electron chi connectivity index (χ3n) is 5.93. The zero-order valence-corrected chi connectivity index (χ0v) is 17.5. The summed E-state index contributed by atoms with van der Waals surface area (Å²) in [6.45, 7) is 5.10. The highest BCUT2D eigenvalue weighted by atomic mass is 16.2. The minimum Gasteiger partial charge on any atom is -0.338 e. The van der Waals surface area contributed by atoms with E-state index in [1.807, 2.05) is 49.1 Å². The van der Waals surface area contributed by atoms with Gasteiger partial charge in [0.05, 0.1) is 11.4 Å². The molecular weight excluding hydrogens is 390 g/mol. The lowest BCUT2D eigenvalue weighted by Gasteiger charge is -2.16. The van der Waals surface area contributed by atoms with Crippen LogP contribution in [0.25, 0.3) is 16.9 Å². The van der Waals surface area contributed by atoms with Gasteiger partial charge in [0.1, 0.15) is 0 Å². The normalized spacial score (nSPS) is 16.4. The van der Waals surface area contributed by atoms with Gasteiger partial charge in [-0.15, -0.1) is 0 Å². The SMILES string of the molecule is Cc1cccc(-c2[nH]n3c(=O)cc([C@H]4CC(=O)N(Cc5ccncc5)C4)nc3c2C)c1. The van der Waals surface area contributed by atoms with Crippen LogP contribution in [0.4, 0.5) is 0 Å². The number of aromatic nitrogens is 4. The lowest BCUT2D eigenvalue weighted by Crippen LogP contribution is -2.24. The van der Waals surface area contributed by atoms with Crippen LogP contribution < -0.4 is 5.56 Å². The van der Waals surface area contributed by atoms with Gasteiger partial charge in [-0.1, -0.05) is 23.8 Å². The lowest BCUT2D eigenvalue weighted by molar-refractivity contribution is -0.128. The molecule has 1 saturated heterocycles. The maximum Gasteiger partial charge on any atom is 0.272 e. The summed E-state index contributed by atoms with van der Waals surface area (Å²) in [4.78, 5) is 36.1. The number of hydrogen-bond acceptors (Lipinski definition) is 4. The Morgan fingerprint density at radius 2 is 1.90 bits per heavy atom. The second kappa shape index (κ2) is 7.50. The number of fused-ring (bicyclic) bond motifs is 1. The molecule has 4 aromatic rings. The number of aryl methyl sites for hydroxylation is 2. The zero-order valence-electron chi connectivity index (χ0n) is 17.5. The van der Waals surface area contributed by atoms with Gasteiger partial charge >= 0.3 is 0 Å². The van der Waals surface area contributed by atoms with Crippen LogP contribution in [0.2, 0.25) is 0 Å². The van der Waals surface area contributed by atoms with Gasteiger partial charge in [-0.2, -0.15) is 0 Å². The number of pyridine rings is 1. The van der Waals surface area contributed by atoms with Gasteiger partial charge in [0.2, 0.25) is 5.91 Å². The van der Waals surface area contributed by atoms with Gasteiger partial charge in [0.25, 0.3) is 5.56 Å². The first kappa shape index (κ1) is 19.2. The third kappa shape index (κ3) is 3.52. The van der Waals surface area contributed by atoms with Crippen LogP contribution >= 0.6 is 0 Å². The molecule has 0 spiro atoms. The molecule has 4 heterocycles. The molecule has 0 bridgehead atoms. The summed E-state index contributed by atoms with van der Waals surface area (Å²) in [5, 5.41) is 3.20. The first-order valence-corrected chi connectivity index (χ1v) is 10.4. The first-order valence-electron chi connectivity index (χ1n) is 10.4. The molecule has 0 radical (unpaired) electrons. The maximum atomic E-state index is 12.9. The minimum absolute atomic E-state index is 0.0788. The van der Waals surface area contributed by atoms with E-state index in [4.69, 9.17) is 4.98 Å². The Balaban J connectivity index is 1.48. The number of aromatic amines is 1. The Labute approximate surface area is 179 Å². The molecule has 3 aromatic heterocycles. The van der Waals surface area contributed by atoms with Crippen molar-refractivity contribution in [3.63, 3.8) is 0 Å². The molecule has 7 nitrogen and oxygen atoms in total. The predicted octanol–water partition coefficient (Wildman–Crippen LogP) is 3.22. The Morgan fingerprint density at radius 1 is 1.10 bits per heavy atom. The molecule has 31 heavy (non-hydrogen) atoms. The van der Waals surface area contributed by atoms with Gasteiger partial charge in [0, 0.05) is 55.0 Å². The molecule has 5 rings (SSSR count). The van der Waals surface area contributed by atoms with Crippen molar-refractivity contribution in [3.05, 3.63) is 87.6 Å². The van der Waals surface area contributed by atoms with Crippen molar-refractivity contribution in [2.24, 2.45) is 0 Å². The van der Waals surface area contributed by atoms with E-state index in [-0.39, 0.29) is 17.4 Å². The molecule has 1 amide bonds. The molecule has 1 atom stereocenters. The lowest BCUT2D eigenvalue weighted by atomic mass is 10.0. The fraction of sp³-hybridized carbons (Fsp3) is 0.250. The molecule has 0 aliphatic carbocycles. The van der Waals surface area contributed by atoms with E-state index in [0.717, 1.165) is 27.9 Å². The molecule has 1 fully saturated rings. The number of rotatable bonds is 4. The van der Waals surface area contributed by atoms with Gasteiger partial charge in [-0.3, -0.25) is 19.7 Å². The molecule has 1 aliphatic heterocycles. The number of benzene rings is 1. The summed E-state index contributed by atoms with van der Waals surface area (Å²) in [6, 6.07) is 13.5. The standard InChI is InChI=1S/C24H23N5O2/c1-15-4-3-5-18(10-15)23-16(2)24-26-20(12-22(31)29(24)27-23)19-11-21(30)28(14-19)13-17-6-8-25-9-7-17/h3-10,12,19,27H,11,13-14H2,1-2H3/t19-/m0/s1. The van der Waals surface area contributed by atoms with E-state index in [1.165, 1.54) is 4.52 Å². The summed E-state index contributed by atoms with van der Waals surface area (Å²) in [5.41, 5.74) is 6.12. The predicted molar refractivity (Wildman–Crippen MR) is 118 cm³/mol. The van der Waals surface area contributed by atoms with Crippen LogP contribution in [-0.2, 0) is 11.3 Å².